The van der Waals surface area contributed by atoms with Crippen molar-refractivity contribution in [1.29, 1.82) is 0 Å². The van der Waals surface area contributed by atoms with E-state index in [0.29, 0.717) is 41.6 Å². The third-order valence-corrected chi connectivity index (χ3v) is 3.91. The van der Waals surface area contributed by atoms with Crippen molar-refractivity contribution in [3.05, 3.63) is 45.3 Å². The molecule has 0 saturated heterocycles. The molecule has 1 N–H and O–H groups in total. The summed E-state index contributed by atoms with van der Waals surface area (Å²) in [4.78, 5) is 24.7. The Kier molecular flexibility index (Phi) is 5.59. The molecule has 24 heavy (non-hydrogen) atoms. The molecule has 6 heteroatoms. The van der Waals surface area contributed by atoms with E-state index in [4.69, 9.17) is 4.42 Å². The van der Waals surface area contributed by atoms with Crippen molar-refractivity contribution in [2.45, 2.75) is 54.0 Å². The lowest BCUT2D eigenvalue weighted by atomic mass is 10.0. The summed E-state index contributed by atoms with van der Waals surface area (Å²) in [7, 11) is 0. The monoisotopic (exact) mass is 331 g/mol. The van der Waals surface area contributed by atoms with Crippen LogP contribution in [0.3, 0.4) is 0 Å². The quantitative estimate of drug-likeness (QED) is 0.881. The fourth-order valence-electron chi connectivity index (χ4n) is 2.49. The Morgan fingerprint density at radius 2 is 2.08 bits per heavy atom. The van der Waals surface area contributed by atoms with Gasteiger partial charge in [-0.05, 0) is 44.7 Å². The molecule has 6 nitrogen and oxygen atoms in total. The average Bonchev–Trinajstić information content (AvgIpc) is 2.84. The van der Waals surface area contributed by atoms with E-state index >= 15 is 0 Å². The zero-order valence-corrected chi connectivity index (χ0v) is 15.0. The minimum atomic E-state index is -0.591. The molecule has 0 aliphatic heterocycles. The van der Waals surface area contributed by atoms with Crippen molar-refractivity contribution in [3.63, 3.8) is 0 Å². The lowest BCUT2D eigenvalue weighted by Crippen LogP contribution is -2.23. The van der Waals surface area contributed by atoms with Gasteiger partial charge in [-0.25, -0.2) is 4.79 Å². The third kappa shape index (κ3) is 4.13. The van der Waals surface area contributed by atoms with Crippen molar-refractivity contribution in [2.24, 2.45) is 5.92 Å². The molecule has 0 aliphatic rings. The van der Waals surface area contributed by atoms with E-state index in [-0.39, 0.29) is 5.56 Å². The zero-order chi connectivity index (χ0) is 17.9. The molecule has 0 bridgehead atoms. The van der Waals surface area contributed by atoms with Crippen molar-refractivity contribution < 1.29 is 9.21 Å². The Labute approximate surface area is 141 Å². The van der Waals surface area contributed by atoms with Gasteiger partial charge in [-0.3, -0.25) is 9.48 Å². The van der Waals surface area contributed by atoms with Crippen LogP contribution in [0.15, 0.2) is 21.5 Å². The van der Waals surface area contributed by atoms with Crippen LogP contribution >= 0.6 is 0 Å². The number of hydrogen-bond acceptors (Lipinski definition) is 4. The van der Waals surface area contributed by atoms with Crippen molar-refractivity contribution >= 4 is 11.6 Å². The summed E-state index contributed by atoms with van der Waals surface area (Å²) < 4.78 is 7.05. The normalized spacial score (nSPS) is 11.1. The van der Waals surface area contributed by atoms with Crippen LogP contribution in [0.1, 0.15) is 54.6 Å². The van der Waals surface area contributed by atoms with Gasteiger partial charge in [0.2, 0.25) is 0 Å². The molecule has 0 aliphatic carbocycles. The number of amides is 1. The Hall–Kier alpha value is -2.37. The van der Waals surface area contributed by atoms with E-state index < -0.39 is 11.5 Å². The molecule has 0 saturated carbocycles. The lowest BCUT2D eigenvalue weighted by Gasteiger charge is -2.08. The highest BCUT2D eigenvalue weighted by Crippen LogP contribution is 2.16. The molecule has 2 rings (SSSR count). The van der Waals surface area contributed by atoms with Gasteiger partial charge in [-0.2, -0.15) is 5.10 Å². The van der Waals surface area contributed by atoms with Gasteiger partial charge in [-0.15, -0.1) is 0 Å². The molecule has 2 aromatic heterocycles. The maximum Gasteiger partial charge on any atom is 0.349 e. The lowest BCUT2D eigenvalue weighted by molar-refractivity contribution is 0.102. The van der Waals surface area contributed by atoms with E-state index in [9.17, 15) is 9.59 Å². The van der Waals surface area contributed by atoms with Crippen LogP contribution in [0.4, 0.5) is 5.69 Å². The molecule has 1 amide bonds. The van der Waals surface area contributed by atoms with Crippen LogP contribution in [-0.2, 0) is 13.0 Å². The molecular formula is C18H25N3O3. The summed E-state index contributed by atoms with van der Waals surface area (Å²) in [5.41, 5.74) is 1.40. The number of carbonyl (C=O) groups excluding carboxylic acids is 1. The number of anilines is 1. The fourth-order valence-corrected chi connectivity index (χ4v) is 2.49. The van der Waals surface area contributed by atoms with E-state index in [0.717, 1.165) is 6.42 Å². The van der Waals surface area contributed by atoms with E-state index in [1.54, 1.807) is 23.9 Å². The summed E-state index contributed by atoms with van der Waals surface area (Å²) in [6, 6.07) is 1.78. The summed E-state index contributed by atoms with van der Waals surface area (Å²) >= 11 is 0. The maximum absolute atomic E-state index is 12.5. The molecular weight excluding hydrogens is 306 g/mol. The van der Waals surface area contributed by atoms with Gasteiger partial charge in [0.1, 0.15) is 11.3 Å². The second kappa shape index (κ2) is 7.47. The van der Waals surface area contributed by atoms with Crippen molar-refractivity contribution in [1.82, 2.24) is 9.78 Å². The van der Waals surface area contributed by atoms with Crippen LogP contribution < -0.4 is 10.9 Å². The predicted molar refractivity (Wildman–Crippen MR) is 93.5 cm³/mol. The largest absolute Gasteiger partial charge is 0.427 e. The predicted octanol–water partition coefficient (Wildman–Crippen LogP) is 3.31. The van der Waals surface area contributed by atoms with Gasteiger partial charge in [0.25, 0.3) is 5.91 Å². The summed E-state index contributed by atoms with van der Waals surface area (Å²) in [5, 5.41) is 7.03. The van der Waals surface area contributed by atoms with Gasteiger partial charge in [0.15, 0.2) is 0 Å². The molecule has 0 spiro atoms. The molecule has 0 unspecified atom stereocenters. The minimum Gasteiger partial charge on any atom is -0.427 e. The number of carbonyl (C=O) groups is 1. The second-order valence-electron chi connectivity index (χ2n) is 6.43. The molecule has 2 aromatic rings. The molecule has 0 radical (unpaired) electrons. The van der Waals surface area contributed by atoms with Crippen LogP contribution in [0.5, 0.6) is 0 Å². The van der Waals surface area contributed by atoms with Gasteiger partial charge < -0.3 is 9.73 Å². The number of rotatable bonds is 6. The summed E-state index contributed by atoms with van der Waals surface area (Å²) in [6.07, 6.45) is 3.38. The first kappa shape index (κ1) is 18.0. The standard InChI is InChI=1S/C18H25N3O3/c1-6-21-10-15(13(5)20-21)19-17(22)16-12(4)9-14(24-18(16)23)8-7-11(2)3/h9-11H,6-8H2,1-5H3,(H,19,22). The smallest absolute Gasteiger partial charge is 0.349 e. The van der Waals surface area contributed by atoms with E-state index in [1.807, 2.05) is 13.8 Å². The number of nitrogens with zero attached hydrogens (tertiary/aromatic N) is 2. The molecule has 0 fully saturated rings. The van der Waals surface area contributed by atoms with E-state index in [1.165, 1.54) is 0 Å². The minimum absolute atomic E-state index is 0.0481. The fraction of sp³-hybridized carbons (Fsp3) is 0.500. The number of nitrogens with one attached hydrogen (secondary N) is 1. The topological polar surface area (TPSA) is 77.1 Å². The number of aryl methyl sites for hydroxylation is 4. The Morgan fingerprint density at radius 1 is 1.38 bits per heavy atom. The highest BCUT2D eigenvalue weighted by Gasteiger charge is 2.18. The highest BCUT2D eigenvalue weighted by atomic mass is 16.4. The molecule has 0 atom stereocenters. The van der Waals surface area contributed by atoms with Gasteiger partial charge >= 0.3 is 5.63 Å². The number of hydrogen-bond donors (Lipinski definition) is 1. The zero-order valence-electron chi connectivity index (χ0n) is 15.0. The first-order valence-electron chi connectivity index (χ1n) is 8.30. The SMILES string of the molecule is CCn1cc(NC(=O)c2c(C)cc(CCC(C)C)oc2=O)c(C)n1. The van der Waals surface area contributed by atoms with Gasteiger partial charge in [0.05, 0.1) is 11.4 Å². The molecule has 2 heterocycles. The van der Waals surface area contributed by atoms with Crippen LogP contribution in [0, 0.1) is 19.8 Å². The first-order valence-corrected chi connectivity index (χ1v) is 8.30. The van der Waals surface area contributed by atoms with E-state index in [2.05, 4.69) is 24.3 Å². The molecule has 0 aromatic carbocycles. The first-order chi connectivity index (χ1) is 11.3. The van der Waals surface area contributed by atoms with Crippen LogP contribution in [0.2, 0.25) is 0 Å². The number of aromatic nitrogens is 2. The Balaban J connectivity index is 2.23. The third-order valence-electron chi connectivity index (χ3n) is 3.91. The van der Waals surface area contributed by atoms with Crippen molar-refractivity contribution in [2.75, 3.05) is 5.32 Å². The van der Waals surface area contributed by atoms with Crippen LogP contribution in [0.25, 0.3) is 0 Å². The second-order valence-corrected chi connectivity index (χ2v) is 6.43. The summed E-state index contributed by atoms with van der Waals surface area (Å²) in [5.74, 6) is 0.685. The maximum atomic E-state index is 12.5. The Morgan fingerprint density at radius 3 is 2.62 bits per heavy atom. The van der Waals surface area contributed by atoms with Gasteiger partial charge in [0, 0.05) is 19.2 Å². The van der Waals surface area contributed by atoms with Gasteiger partial charge in [-0.1, -0.05) is 13.8 Å². The average molecular weight is 331 g/mol. The highest BCUT2D eigenvalue weighted by molar-refractivity contribution is 6.05. The summed E-state index contributed by atoms with van der Waals surface area (Å²) in [6.45, 7) is 10.5. The van der Waals surface area contributed by atoms with Crippen molar-refractivity contribution in [3.8, 4) is 0 Å². The Bertz CT molecular complexity index is 787. The molecule has 130 valence electrons. The van der Waals surface area contributed by atoms with Crippen LogP contribution in [-0.4, -0.2) is 15.7 Å².